The van der Waals surface area contributed by atoms with Crippen molar-refractivity contribution in [2.75, 3.05) is 27.4 Å². The molecule has 0 spiro atoms. The average molecular weight is 306 g/mol. The van der Waals surface area contributed by atoms with E-state index in [1.165, 1.54) is 0 Å². The number of carbonyl (C=O) groups excluding carboxylic acids is 1. The fourth-order valence-corrected chi connectivity index (χ4v) is 1.87. The quantitative estimate of drug-likeness (QED) is 0.727. The van der Waals surface area contributed by atoms with E-state index in [9.17, 15) is 4.79 Å². The van der Waals surface area contributed by atoms with Gasteiger partial charge in [0.25, 0.3) is 5.91 Å². The number of amides is 1. The number of benzene rings is 1. The highest BCUT2D eigenvalue weighted by Crippen LogP contribution is 2.16. The van der Waals surface area contributed by atoms with Crippen molar-refractivity contribution in [2.45, 2.75) is 11.4 Å². The molecule has 0 atom stereocenters. The van der Waals surface area contributed by atoms with Crippen LogP contribution in [0, 0.1) is 0 Å². The number of methoxy groups -OCH3 is 2. The van der Waals surface area contributed by atoms with Crippen molar-refractivity contribution in [2.24, 2.45) is 0 Å². The number of rotatable bonds is 7. The van der Waals surface area contributed by atoms with Crippen LogP contribution < -0.4 is 4.74 Å². The SMILES string of the molecule is COCCN(Cc1cccc(OC)c1)C(=O)C(Cl)Cl. The maximum absolute atomic E-state index is 11.9. The highest BCUT2D eigenvalue weighted by atomic mass is 35.5. The second kappa shape index (κ2) is 8.25. The summed E-state index contributed by atoms with van der Waals surface area (Å²) in [6, 6.07) is 7.49. The van der Waals surface area contributed by atoms with E-state index in [1.807, 2.05) is 24.3 Å². The molecule has 0 saturated heterocycles. The molecule has 1 amide bonds. The third-order valence-electron chi connectivity index (χ3n) is 2.57. The number of ether oxygens (including phenoxy) is 2. The smallest absolute Gasteiger partial charge is 0.256 e. The van der Waals surface area contributed by atoms with Crippen molar-refractivity contribution in [3.63, 3.8) is 0 Å². The second-order valence-corrected chi connectivity index (χ2v) is 5.00. The zero-order valence-electron chi connectivity index (χ0n) is 10.9. The zero-order chi connectivity index (χ0) is 14.3. The van der Waals surface area contributed by atoms with Crippen LogP contribution in [0.15, 0.2) is 24.3 Å². The molecular weight excluding hydrogens is 289 g/mol. The van der Waals surface area contributed by atoms with Gasteiger partial charge in [-0.25, -0.2) is 0 Å². The lowest BCUT2D eigenvalue weighted by Crippen LogP contribution is -2.36. The third-order valence-corrected chi connectivity index (χ3v) is 2.94. The van der Waals surface area contributed by atoms with Gasteiger partial charge in [-0.2, -0.15) is 0 Å². The van der Waals surface area contributed by atoms with E-state index in [2.05, 4.69) is 0 Å². The molecule has 0 aromatic heterocycles. The Labute approximate surface area is 123 Å². The molecule has 0 aliphatic rings. The summed E-state index contributed by atoms with van der Waals surface area (Å²) in [6.07, 6.45) is 0. The van der Waals surface area contributed by atoms with Crippen molar-refractivity contribution in [3.8, 4) is 5.75 Å². The van der Waals surface area contributed by atoms with Crippen LogP contribution in [0.25, 0.3) is 0 Å². The van der Waals surface area contributed by atoms with Crippen molar-refractivity contribution in [1.82, 2.24) is 4.90 Å². The van der Waals surface area contributed by atoms with Gasteiger partial charge in [0.1, 0.15) is 5.75 Å². The third kappa shape index (κ3) is 5.27. The minimum Gasteiger partial charge on any atom is -0.497 e. The summed E-state index contributed by atoms with van der Waals surface area (Å²) >= 11 is 11.3. The van der Waals surface area contributed by atoms with E-state index in [-0.39, 0.29) is 5.91 Å². The van der Waals surface area contributed by atoms with Crippen molar-refractivity contribution in [3.05, 3.63) is 29.8 Å². The Balaban J connectivity index is 2.77. The summed E-state index contributed by atoms with van der Waals surface area (Å²) in [5.74, 6) is 0.410. The van der Waals surface area contributed by atoms with Crippen LogP contribution in [-0.2, 0) is 16.1 Å². The van der Waals surface area contributed by atoms with E-state index in [1.54, 1.807) is 19.1 Å². The molecular formula is C13H17Cl2NO3. The predicted molar refractivity (Wildman–Crippen MR) is 75.8 cm³/mol. The molecule has 1 aromatic carbocycles. The minimum atomic E-state index is -1.07. The van der Waals surface area contributed by atoms with E-state index in [0.29, 0.717) is 19.7 Å². The van der Waals surface area contributed by atoms with Crippen LogP contribution in [0.5, 0.6) is 5.75 Å². The molecule has 0 aliphatic heterocycles. The van der Waals surface area contributed by atoms with Gasteiger partial charge in [0.05, 0.1) is 13.7 Å². The van der Waals surface area contributed by atoms with Crippen molar-refractivity contribution < 1.29 is 14.3 Å². The molecule has 0 fully saturated rings. The van der Waals surface area contributed by atoms with E-state index in [0.717, 1.165) is 11.3 Å². The lowest BCUT2D eigenvalue weighted by atomic mass is 10.2. The first-order valence-corrected chi connectivity index (χ1v) is 6.64. The maximum atomic E-state index is 11.9. The molecule has 0 saturated carbocycles. The first-order valence-electron chi connectivity index (χ1n) is 5.77. The van der Waals surface area contributed by atoms with Crippen LogP contribution in [-0.4, -0.2) is 43.0 Å². The summed E-state index contributed by atoms with van der Waals surface area (Å²) in [7, 11) is 3.17. The van der Waals surface area contributed by atoms with Gasteiger partial charge in [-0.05, 0) is 17.7 Å². The largest absolute Gasteiger partial charge is 0.497 e. The van der Waals surface area contributed by atoms with Crippen molar-refractivity contribution >= 4 is 29.1 Å². The van der Waals surface area contributed by atoms with Gasteiger partial charge >= 0.3 is 0 Å². The van der Waals surface area contributed by atoms with Gasteiger partial charge in [0.2, 0.25) is 0 Å². The van der Waals surface area contributed by atoms with Gasteiger partial charge < -0.3 is 14.4 Å². The standard InChI is InChI=1S/C13H17Cl2NO3/c1-18-7-6-16(13(17)12(14)15)9-10-4-3-5-11(8-10)19-2/h3-5,8,12H,6-7,9H2,1-2H3. The van der Waals surface area contributed by atoms with Crippen LogP contribution in [0.4, 0.5) is 0 Å². The van der Waals surface area contributed by atoms with E-state index >= 15 is 0 Å². The van der Waals surface area contributed by atoms with Gasteiger partial charge in [0, 0.05) is 20.2 Å². The molecule has 0 N–H and O–H groups in total. The zero-order valence-corrected chi connectivity index (χ0v) is 12.4. The molecule has 0 aliphatic carbocycles. The molecule has 0 radical (unpaired) electrons. The van der Waals surface area contributed by atoms with Gasteiger partial charge in [0.15, 0.2) is 4.84 Å². The molecule has 19 heavy (non-hydrogen) atoms. The Bertz CT molecular complexity index is 413. The Morgan fingerprint density at radius 3 is 2.68 bits per heavy atom. The Hall–Kier alpha value is -0.970. The first kappa shape index (κ1) is 16.1. The lowest BCUT2D eigenvalue weighted by Gasteiger charge is -2.23. The normalized spacial score (nSPS) is 10.6. The number of hydrogen-bond acceptors (Lipinski definition) is 3. The number of carbonyl (C=O) groups is 1. The number of nitrogens with zero attached hydrogens (tertiary/aromatic N) is 1. The molecule has 6 heteroatoms. The fourth-order valence-electron chi connectivity index (χ4n) is 1.60. The Kier molecular flexibility index (Phi) is 6.99. The van der Waals surface area contributed by atoms with Crippen LogP contribution in [0.1, 0.15) is 5.56 Å². The summed E-state index contributed by atoms with van der Waals surface area (Å²) in [5, 5.41) is 0. The molecule has 4 nitrogen and oxygen atoms in total. The Morgan fingerprint density at radius 1 is 1.37 bits per heavy atom. The number of hydrogen-bond donors (Lipinski definition) is 0. The molecule has 0 heterocycles. The molecule has 1 aromatic rings. The molecule has 0 bridgehead atoms. The summed E-state index contributed by atoms with van der Waals surface area (Å²) in [6.45, 7) is 1.27. The van der Waals surface area contributed by atoms with Crippen molar-refractivity contribution in [1.29, 1.82) is 0 Å². The highest BCUT2D eigenvalue weighted by molar-refractivity contribution is 6.53. The minimum absolute atomic E-state index is 0.330. The first-order chi connectivity index (χ1) is 9.08. The lowest BCUT2D eigenvalue weighted by molar-refractivity contribution is -0.130. The van der Waals surface area contributed by atoms with Crippen LogP contribution >= 0.6 is 23.2 Å². The van der Waals surface area contributed by atoms with Crippen LogP contribution in [0.3, 0.4) is 0 Å². The number of alkyl halides is 2. The average Bonchev–Trinajstić information content (AvgIpc) is 2.42. The van der Waals surface area contributed by atoms with Crippen LogP contribution in [0.2, 0.25) is 0 Å². The van der Waals surface area contributed by atoms with Gasteiger partial charge in [-0.1, -0.05) is 35.3 Å². The molecule has 0 unspecified atom stereocenters. The second-order valence-electron chi connectivity index (χ2n) is 3.90. The topological polar surface area (TPSA) is 38.8 Å². The van der Waals surface area contributed by atoms with Gasteiger partial charge in [-0.15, -0.1) is 0 Å². The summed E-state index contributed by atoms with van der Waals surface area (Å²) in [5.41, 5.74) is 0.942. The number of halogens is 2. The van der Waals surface area contributed by atoms with E-state index < -0.39 is 4.84 Å². The monoisotopic (exact) mass is 305 g/mol. The Morgan fingerprint density at radius 2 is 2.11 bits per heavy atom. The van der Waals surface area contributed by atoms with E-state index in [4.69, 9.17) is 32.7 Å². The highest BCUT2D eigenvalue weighted by Gasteiger charge is 2.20. The maximum Gasteiger partial charge on any atom is 0.256 e. The fraction of sp³-hybridized carbons (Fsp3) is 0.462. The molecule has 1 rings (SSSR count). The predicted octanol–water partition coefficient (Wildman–Crippen LogP) is 2.47. The molecule has 106 valence electrons. The summed E-state index contributed by atoms with van der Waals surface area (Å²) in [4.78, 5) is 12.4. The summed E-state index contributed by atoms with van der Waals surface area (Å²) < 4.78 is 10.1. The van der Waals surface area contributed by atoms with Gasteiger partial charge in [-0.3, -0.25) is 4.79 Å².